The van der Waals surface area contributed by atoms with Gasteiger partial charge in [-0.15, -0.1) is 0 Å². The molecule has 1 heterocycles. The summed E-state index contributed by atoms with van der Waals surface area (Å²) in [6, 6.07) is 0.280. The Hall–Kier alpha value is -4.54. The molecule has 5 atom stereocenters. The van der Waals surface area contributed by atoms with Crippen LogP contribution < -0.4 is 10.6 Å². The maximum Gasteiger partial charge on any atom is 0.417 e. The molecule has 0 spiro atoms. The largest absolute Gasteiger partial charge is 0.444 e. The number of likely N-dealkylation sites (tertiary alicyclic amines) is 1. The number of hydrogen-bond acceptors (Lipinski definition) is 11. The van der Waals surface area contributed by atoms with Crippen molar-refractivity contribution in [3.05, 3.63) is 36.0 Å². The highest BCUT2D eigenvalue weighted by molar-refractivity contribution is 5.98. The van der Waals surface area contributed by atoms with Crippen LogP contribution in [0.5, 0.6) is 0 Å². The topological polar surface area (TPSA) is 192 Å². The van der Waals surface area contributed by atoms with Crippen molar-refractivity contribution in [2.24, 2.45) is 11.8 Å². The lowest BCUT2D eigenvalue weighted by Gasteiger charge is -2.26. The van der Waals surface area contributed by atoms with Gasteiger partial charge in [0.2, 0.25) is 5.91 Å². The molecule has 49 heavy (non-hydrogen) atoms. The van der Waals surface area contributed by atoms with E-state index in [1.807, 2.05) is 59.8 Å². The number of hydrogen-bond donors (Lipinski definition) is 2. The van der Waals surface area contributed by atoms with Crippen molar-refractivity contribution < 1.29 is 52.6 Å². The van der Waals surface area contributed by atoms with Crippen molar-refractivity contribution in [1.82, 2.24) is 15.5 Å². The minimum Gasteiger partial charge on any atom is -0.444 e. The van der Waals surface area contributed by atoms with E-state index in [2.05, 4.69) is 36.6 Å². The van der Waals surface area contributed by atoms with Crippen molar-refractivity contribution in [3.63, 3.8) is 0 Å². The summed E-state index contributed by atoms with van der Waals surface area (Å²) in [7, 11) is 0. The quantitative estimate of drug-likeness (QED) is 0.269. The summed E-state index contributed by atoms with van der Waals surface area (Å²) >= 11 is 0. The molecule has 0 aromatic rings. The van der Waals surface area contributed by atoms with Crippen LogP contribution in [0.15, 0.2) is 36.0 Å². The predicted molar refractivity (Wildman–Crippen MR) is 176 cm³/mol. The molecule has 1 aliphatic heterocycles. The Labute approximate surface area is 289 Å². The van der Waals surface area contributed by atoms with Gasteiger partial charge >= 0.3 is 30.6 Å². The molecule has 2 bridgehead atoms. The van der Waals surface area contributed by atoms with Gasteiger partial charge in [-0.05, 0) is 101 Å². The molecular formula is C35H53N3O11. The third-order valence-electron chi connectivity index (χ3n) is 6.58. The van der Waals surface area contributed by atoms with Crippen molar-refractivity contribution in [3.8, 4) is 0 Å². The van der Waals surface area contributed by atoms with Crippen LogP contribution in [0.25, 0.3) is 0 Å². The van der Waals surface area contributed by atoms with E-state index in [9.17, 15) is 19.2 Å². The summed E-state index contributed by atoms with van der Waals surface area (Å²) in [5.74, 6) is 0.314. The first-order valence-electron chi connectivity index (χ1n) is 16.0. The number of fused-ring (bicyclic) bond motifs is 2. The van der Waals surface area contributed by atoms with Crippen LogP contribution in [0.2, 0.25) is 0 Å². The van der Waals surface area contributed by atoms with E-state index in [0.29, 0.717) is 5.92 Å². The number of nitrogens with zero attached hydrogens (tertiary/aromatic N) is 1. The van der Waals surface area contributed by atoms with Gasteiger partial charge in [-0.3, -0.25) is 4.79 Å². The minimum atomic E-state index is -0.553. The molecular weight excluding hydrogens is 638 g/mol. The van der Waals surface area contributed by atoms with E-state index in [-0.39, 0.29) is 54.4 Å². The highest BCUT2D eigenvalue weighted by Crippen LogP contribution is 2.33. The van der Waals surface area contributed by atoms with Gasteiger partial charge in [0.05, 0.1) is 18.0 Å². The number of carbonyl (C=O) groups excluding carboxylic acids is 8. The van der Waals surface area contributed by atoms with Crippen LogP contribution in [0.4, 0.5) is 14.4 Å². The molecule has 0 radical (unpaired) electrons. The van der Waals surface area contributed by atoms with Gasteiger partial charge in [-0.1, -0.05) is 42.9 Å². The second-order valence-corrected chi connectivity index (χ2v) is 14.8. The van der Waals surface area contributed by atoms with Crippen LogP contribution >= 0.6 is 0 Å². The SMILES string of the molecule is CC(C)(C)OC(=O)N1C(=O)[C@@H]2C=C[C@H]1C2.CC1=CC[C@H](NC(=O)OC(C)(C)C)C1.CC1C=C[C@H](NC(=O)OC(C)(C)C)C1.O=C=O.O=C=O. The first kappa shape index (κ1) is 44.5. The van der Waals surface area contributed by atoms with Gasteiger partial charge in [-0.25, -0.2) is 19.3 Å². The van der Waals surface area contributed by atoms with Gasteiger partial charge in [0.1, 0.15) is 16.8 Å². The van der Waals surface area contributed by atoms with Crippen LogP contribution in [0.3, 0.4) is 0 Å². The summed E-state index contributed by atoms with van der Waals surface area (Å²) in [6.07, 6.45) is 12.9. The van der Waals surface area contributed by atoms with Gasteiger partial charge in [0.25, 0.3) is 0 Å². The van der Waals surface area contributed by atoms with Gasteiger partial charge < -0.3 is 24.8 Å². The highest BCUT2D eigenvalue weighted by Gasteiger charge is 2.45. The molecule has 1 fully saturated rings. The predicted octanol–water partition coefficient (Wildman–Crippen LogP) is 5.64. The second kappa shape index (κ2) is 20.1. The molecule has 3 aliphatic carbocycles. The Kier molecular flexibility index (Phi) is 18.2. The fourth-order valence-corrected chi connectivity index (χ4v) is 4.86. The van der Waals surface area contributed by atoms with Crippen molar-refractivity contribution in [2.45, 2.75) is 137 Å². The third kappa shape index (κ3) is 19.8. The molecule has 0 aromatic carbocycles. The Morgan fingerprint density at radius 2 is 1.24 bits per heavy atom. The Balaban J connectivity index is 0.000000652. The van der Waals surface area contributed by atoms with Crippen LogP contribution in [-0.2, 0) is 38.2 Å². The molecule has 0 saturated carbocycles. The van der Waals surface area contributed by atoms with E-state index in [0.717, 1.165) is 25.7 Å². The van der Waals surface area contributed by atoms with E-state index in [1.54, 1.807) is 20.8 Å². The van der Waals surface area contributed by atoms with Crippen LogP contribution in [-0.4, -0.2) is 76.3 Å². The average Bonchev–Trinajstić information content (AvgIpc) is 3.69. The molecule has 4 rings (SSSR count). The van der Waals surface area contributed by atoms with E-state index in [1.165, 1.54) is 10.5 Å². The number of carbonyl (C=O) groups is 4. The number of ether oxygens (including phenoxy) is 3. The lowest BCUT2D eigenvalue weighted by atomic mass is 10.1. The molecule has 1 saturated heterocycles. The normalized spacial score (nSPS) is 22.8. The standard InChI is InChI=1S/C11H15NO3.2C11H19NO2.2CO2/c1-11(2,3)15-10(14)12-8-5-4-7(6-8)9(12)13;2*1-8-5-6-9(7-8)12-10(13)14-11(2,3)4;2*2-1-3/h4-5,7-8H,6H2,1-3H3;5,9H,6-7H2,1-4H3,(H,12,13);5-6,8-9H,7H2,1-4H3,(H,12,13);;/t7-,8+;9-;8?,9-;;/m100../s1. The highest BCUT2D eigenvalue weighted by atomic mass is 16.6. The fraction of sp³-hybridized carbons (Fsp3) is 0.657. The van der Waals surface area contributed by atoms with Crippen LogP contribution in [0, 0.1) is 11.8 Å². The first-order chi connectivity index (χ1) is 22.4. The Bertz CT molecular complexity index is 1270. The summed E-state index contributed by atoms with van der Waals surface area (Å²) in [5.41, 5.74) is -0.0439. The Morgan fingerprint density at radius 3 is 1.61 bits per heavy atom. The maximum absolute atomic E-state index is 11.7. The van der Waals surface area contributed by atoms with Crippen molar-refractivity contribution in [1.29, 1.82) is 0 Å². The first-order valence-corrected chi connectivity index (χ1v) is 16.0. The van der Waals surface area contributed by atoms with Crippen molar-refractivity contribution in [2.75, 3.05) is 0 Å². The number of amides is 4. The third-order valence-corrected chi connectivity index (χ3v) is 6.58. The number of imide groups is 1. The summed E-state index contributed by atoms with van der Waals surface area (Å²) in [4.78, 5) is 79.8. The number of alkyl carbamates (subject to hydrolysis) is 2. The lowest BCUT2D eigenvalue weighted by Crippen LogP contribution is -2.43. The summed E-state index contributed by atoms with van der Waals surface area (Å²) in [5, 5.41) is 5.67. The van der Waals surface area contributed by atoms with Gasteiger partial charge in [-0.2, -0.15) is 19.2 Å². The van der Waals surface area contributed by atoms with E-state index < -0.39 is 22.9 Å². The summed E-state index contributed by atoms with van der Waals surface area (Å²) < 4.78 is 15.5. The average molecular weight is 692 g/mol. The molecule has 2 N–H and O–H groups in total. The molecule has 0 aromatic heterocycles. The molecule has 14 nitrogen and oxygen atoms in total. The number of rotatable bonds is 2. The van der Waals surface area contributed by atoms with Crippen molar-refractivity contribution >= 4 is 36.5 Å². The summed E-state index contributed by atoms with van der Waals surface area (Å²) in [6.45, 7) is 20.8. The van der Waals surface area contributed by atoms with E-state index >= 15 is 0 Å². The Morgan fingerprint density at radius 1 is 0.755 bits per heavy atom. The minimum absolute atomic E-state index is 0.0858. The van der Waals surface area contributed by atoms with Gasteiger partial charge in [0.15, 0.2) is 0 Å². The fourth-order valence-electron chi connectivity index (χ4n) is 4.86. The lowest BCUT2D eigenvalue weighted by molar-refractivity contribution is -0.193. The van der Waals surface area contributed by atoms with E-state index in [4.69, 9.17) is 33.4 Å². The molecule has 14 heteroatoms. The molecule has 4 aliphatic rings. The number of nitrogens with one attached hydrogen (secondary N) is 2. The number of allylic oxidation sites excluding steroid dienone is 1. The second-order valence-electron chi connectivity index (χ2n) is 14.8. The van der Waals surface area contributed by atoms with Crippen LogP contribution in [0.1, 0.15) is 102 Å². The smallest absolute Gasteiger partial charge is 0.417 e. The van der Waals surface area contributed by atoms with Gasteiger partial charge in [0, 0.05) is 6.04 Å². The molecule has 1 unspecified atom stereocenters. The molecule has 4 amide bonds. The maximum atomic E-state index is 11.7. The zero-order valence-corrected chi connectivity index (χ0v) is 30.5. The monoisotopic (exact) mass is 691 g/mol. The zero-order chi connectivity index (χ0) is 38.2. The zero-order valence-electron chi connectivity index (χ0n) is 30.5. The molecule has 274 valence electrons.